The molecule has 1 N–H and O–H groups in total. The minimum atomic E-state index is -0.0529. The van der Waals surface area contributed by atoms with E-state index in [4.69, 9.17) is 0 Å². The first-order chi connectivity index (χ1) is 9.74. The maximum absolute atomic E-state index is 11.3. The molecule has 1 aromatic rings. The van der Waals surface area contributed by atoms with Gasteiger partial charge in [0.15, 0.2) is 5.17 Å². The summed E-state index contributed by atoms with van der Waals surface area (Å²) in [7, 11) is 0. The highest BCUT2D eigenvalue weighted by Gasteiger charge is 2.29. The number of carbonyl (C=O) groups excluding carboxylic acids is 1. The summed E-state index contributed by atoms with van der Waals surface area (Å²) in [4.78, 5) is 15.9. The molecule has 0 saturated carbocycles. The van der Waals surface area contributed by atoms with Crippen LogP contribution >= 0.6 is 11.8 Å². The lowest BCUT2D eigenvalue weighted by Gasteiger charge is -2.30. The second kappa shape index (κ2) is 5.83. The highest BCUT2D eigenvalue weighted by molar-refractivity contribution is 8.14. The van der Waals surface area contributed by atoms with Crippen molar-refractivity contribution < 1.29 is 4.79 Å². The molecular formula is C16H18N2OS. The molecule has 1 unspecified atom stereocenters. The molecule has 0 radical (unpaired) electrons. The fourth-order valence-corrected chi connectivity index (χ4v) is 4.04. The number of nitrogens with zero attached hydrogens (tertiary/aromatic N) is 1. The lowest BCUT2D eigenvalue weighted by molar-refractivity contribution is -0.117. The van der Waals surface area contributed by atoms with Crippen molar-refractivity contribution in [3.63, 3.8) is 0 Å². The third-order valence-electron chi connectivity index (χ3n) is 3.65. The van der Waals surface area contributed by atoms with E-state index in [1.165, 1.54) is 36.6 Å². The molecule has 0 fully saturated rings. The van der Waals surface area contributed by atoms with E-state index in [1.807, 2.05) is 6.07 Å². The van der Waals surface area contributed by atoms with Gasteiger partial charge < -0.3 is 5.32 Å². The second-order valence-electron chi connectivity index (χ2n) is 5.19. The van der Waals surface area contributed by atoms with Gasteiger partial charge in [-0.25, -0.2) is 4.99 Å². The summed E-state index contributed by atoms with van der Waals surface area (Å²) in [6.07, 6.45) is 4.59. The maximum Gasteiger partial charge on any atom is 0.222 e. The van der Waals surface area contributed by atoms with Gasteiger partial charge in [0.2, 0.25) is 5.91 Å². The van der Waals surface area contributed by atoms with Crippen LogP contribution in [0.5, 0.6) is 0 Å². The van der Waals surface area contributed by atoms with Crippen molar-refractivity contribution in [2.75, 3.05) is 0 Å². The number of carbonyl (C=O) groups is 1. The van der Waals surface area contributed by atoms with Crippen molar-refractivity contribution in [3.8, 4) is 0 Å². The molecule has 0 spiro atoms. The topological polar surface area (TPSA) is 41.5 Å². The Hall–Kier alpha value is -1.55. The third-order valence-corrected chi connectivity index (χ3v) is 4.86. The Balaban J connectivity index is 1.96. The SMILES string of the molecule is CC(=O)NC1=NC2=C(CCCC2)C(c2ccccc2)S1. The van der Waals surface area contributed by atoms with Crippen molar-refractivity contribution in [1.82, 2.24) is 5.32 Å². The Labute approximate surface area is 123 Å². The van der Waals surface area contributed by atoms with Crippen LogP contribution in [0.15, 0.2) is 46.6 Å². The zero-order chi connectivity index (χ0) is 13.9. The van der Waals surface area contributed by atoms with Crippen LogP contribution in [0.25, 0.3) is 0 Å². The zero-order valence-electron chi connectivity index (χ0n) is 11.6. The second-order valence-corrected chi connectivity index (χ2v) is 6.28. The van der Waals surface area contributed by atoms with Crippen molar-refractivity contribution >= 4 is 22.8 Å². The molecule has 1 aliphatic heterocycles. The average Bonchev–Trinajstić information content (AvgIpc) is 2.47. The van der Waals surface area contributed by atoms with Crippen molar-refractivity contribution in [3.05, 3.63) is 47.2 Å². The fraction of sp³-hybridized carbons (Fsp3) is 0.375. The smallest absolute Gasteiger partial charge is 0.222 e. The lowest BCUT2D eigenvalue weighted by Crippen LogP contribution is -2.29. The summed E-state index contributed by atoms with van der Waals surface area (Å²) in [6.45, 7) is 1.53. The highest BCUT2D eigenvalue weighted by atomic mass is 32.2. The first kappa shape index (κ1) is 13.4. The molecule has 1 atom stereocenters. The van der Waals surface area contributed by atoms with Crippen molar-refractivity contribution in [1.29, 1.82) is 0 Å². The molecule has 3 nitrogen and oxygen atoms in total. The van der Waals surface area contributed by atoms with Gasteiger partial charge in [0.1, 0.15) is 0 Å². The van der Waals surface area contributed by atoms with Gasteiger partial charge in [0.05, 0.1) is 5.25 Å². The predicted octanol–water partition coefficient (Wildman–Crippen LogP) is 3.79. The Morgan fingerprint density at radius 1 is 1.25 bits per heavy atom. The molecule has 0 bridgehead atoms. The Morgan fingerprint density at radius 3 is 2.75 bits per heavy atom. The molecule has 4 heteroatoms. The van der Waals surface area contributed by atoms with Crippen molar-refractivity contribution in [2.24, 2.45) is 4.99 Å². The molecule has 0 saturated heterocycles. The molecule has 1 heterocycles. The molecular weight excluding hydrogens is 268 g/mol. The van der Waals surface area contributed by atoms with Crippen LogP contribution in [-0.4, -0.2) is 11.1 Å². The summed E-state index contributed by atoms with van der Waals surface area (Å²) < 4.78 is 0. The van der Waals surface area contributed by atoms with E-state index in [-0.39, 0.29) is 5.91 Å². The number of benzene rings is 1. The van der Waals surface area contributed by atoms with Crippen LogP contribution in [0.1, 0.15) is 43.4 Å². The maximum atomic E-state index is 11.3. The van der Waals surface area contributed by atoms with Crippen LogP contribution in [0.4, 0.5) is 0 Å². The number of amides is 1. The third kappa shape index (κ3) is 2.80. The molecule has 1 aromatic carbocycles. The number of hydrogen-bond acceptors (Lipinski definition) is 3. The van der Waals surface area contributed by atoms with E-state index in [0.717, 1.165) is 18.0 Å². The summed E-state index contributed by atoms with van der Waals surface area (Å²) >= 11 is 1.66. The Bertz CT molecular complexity index is 577. The Morgan fingerprint density at radius 2 is 2.00 bits per heavy atom. The van der Waals surface area contributed by atoms with Crippen molar-refractivity contribution in [2.45, 2.75) is 37.9 Å². The highest BCUT2D eigenvalue weighted by Crippen LogP contribution is 2.46. The summed E-state index contributed by atoms with van der Waals surface area (Å²) in [5.41, 5.74) is 3.93. The number of hydrogen-bond donors (Lipinski definition) is 1. The zero-order valence-corrected chi connectivity index (χ0v) is 12.4. The summed E-state index contributed by atoms with van der Waals surface area (Å²) in [6, 6.07) is 10.5. The minimum absolute atomic E-state index is 0.0529. The first-order valence-corrected chi connectivity index (χ1v) is 7.92. The first-order valence-electron chi connectivity index (χ1n) is 7.04. The molecule has 20 heavy (non-hydrogen) atoms. The molecule has 104 valence electrons. The van der Waals surface area contributed by atoms with E-state index in [2.05, 4.69) is 34.6 Å². The molecule has 2 aliphatic rings. The average molecular weight is 286 g/mol. The van der Waals surface area contributed by atoms with E-state index in [9.17, 15) is 4.79 Å². The van der Waals surface area contributed by atoms with Gasteiger partial charge in [-0.1, -0.05) is 42.1 Å². The predicted molar refractivity (Wildman–Crippen MR) is 83.5 cm³/mol. The normalized spacial score (nSPS) is 22.1. The number of thioether (sulfide) groups is 1. The monoisotopic (exact) mass is 286 g/mol. The van der Waals surface area contributed by atoms with E-state index >= 15 is 0 Å². The van der Waals surface area contributed by atoms with E-state index in [1.54, 1.807) is 11.8 Å². The number of allylic oxidation sites excluding steroid dienone is 1. The molecule has 3 rings (SSSR count). The summed E-state index contributed by atoms with van der Waals surface area (Å²) in [5, 5.41) is 3.89. The standard InChI is InChI=1S/C16H18N2OS/c1-11(19)17-16-18-14-10-6-5-9-13(14)15(20-16)12-7-3-2-4-8-12/h2-4,7-8,15H,5-6,9-10H2,1H3,(H,17,18,19). The van der Waals surface area contributed by atoms with Gasteiger partial charge in [-0.05, 0) is 36.8 Å². The quantitative estimate of drug-likeness (QED) is 0.853. The van der Waals surface area contributed by atoms with Gasteiger partial charge in [0, 0.05) is 12.6 Å². The molecule has 0 aromatic heterocycles. The van der Waals surface area contributed by atoms with Gasteiger partial charge >= 0.3 is 0 Å². The van der Waals surface area contributed by atoms with Gasteiger partial charge in [0.25, 0.3) is 0 Å². The van der Waals surface area contributed by atoms with Crippen LogP contribution in [0, 0.1) is 0 Å². The largest absolute Gasteiger partial charge is 0.305 e. The number of rotatable bonds is 1. The lowest BCUT2D eigenvalue weighted by atomic mass is 9.91. The van der Waals surface area contributed by atoms with Gasteiger partial charge in [-0.2, -0.15) is 0 Å². The van der Waals surface area contributed by atoms with Crippen LogP contribution in [0.3, 0.4) is 0 Å². The number of amidine groups is 1. The summed E-state index contributed by atoms with van der Waals surface area (Å²) in [5.74, 6) is -0.0529. The molecule has 1 aliphatic carbocycles. The van der Waals surface area contributed by atoms with Crippen LogP contribution in [-0.2, 0) is 4.79 Å². The van der Waals surface area contributed by atoms with Crippen LogP contribution in [0.2, 0.25) is 0 Å². The number of aliphatic imine (C=N–C) groups is 1. The van der Waals surface area contributed by atoms with Crippen LogP contribution < -0.4 is 5.32 Å². The van der Waals surface area contributed by atoms with Gasteiger partial charge in [-0.15, -0.1) is 0 Å². The van der Waals surface area contributed by atoms with Gasteiger partial charge in [-0.3, -0.25) is 4.79 Å². The minimum Gasteiger partial charge on any atom is -0.305 e. The fourth-order valence-electron chi connectivity index (χ4n) is 2.76. The van der Waals surface area contributed by atoms with E-state index < -0.39 is 0 Å². The Kier molecular flexibility index (Phi) is 3.92. The van der Waals surface area contributed by atoms with E-state index in [0.29, 0.717) is 5.25 Å². The number of nitrogens with one attached hydrogen (secondary N) is 1. The molecule has 1 amide bonds.